The second-order valence-corrected chi connectivity index (χ2v) is 6.75. The number of hydrogen-bond acceptors (Lipinski definition) is 6. The summed E-state index contributed by atoms with van der Waals surface area (Å²) in [5.74, 6) is -0.905. The Bertz CT molecular complexity index is 852. The van der Waals surface area contributed by atoms with E-state index in [1.807, 2.05) is 30.3 Å². The minimum Gasteiger partial charge on any atom is -0.370 e. The largest absolute Gasteiger partial charge is 0.370 e. The van der Waals surface area contributed by atoms with Gasteiger partial charge in [-0.05, 0) is 18.9 Å². The number of nitrogens with zero attached hydrogens (tertiary/aromatic N) is 2. The van der Waals surface area contributed by atoms with E-state index >= 15 is 0 Å². The van der Waals surface area contributed by atoms with E-state index in [0.29, 0.717) is 31.9 Å². The van der Waals surface area contributed by atoms with Gasteiger partial charge >= 0.3 is 11.8 Å². The summed E-state index contributed by atoms with van der Waals surface area (Å²) in [6, 6.07) is 11.3. The fraction of sp³-hybridized carbons (Fsp3) is 0.400. The number of nitrogens with one attached hydrogen (secondary N) is 2. The lowest BCUT2D eigenvalue weighted by Crippen LogP contribution is -2.42. The van der Waals surface area contributed by atoms with Crippen LogP contribution in [0.4, 0.5) is 5.82 Å². The molecule has 0 spiro atoms. The molecule has 1 fully saturated rings. The van der Waals surface area contributed by atoms with Gasteiger partial charge in [-0.1, -0.05) is 35.5 Å². The number of hydrogen-bond donors (Lipinski definition) is 2. The first-order valence-corrected chi connectivity index (χ1v) is 9.50. The van der Waals surface area contributed by atoms with E-state index in [2.05, 4.69) is 15.8 Å². The Hall–Kier alpha value is -3.20. The molecule has 0 bridgehead atoms. The van der Waals surface area contributed by atoms with E-state index in [0.717, 1.165) is 5.56 Å². The zero-order valence-electron chi connectivity index (χ0n) is 16.2. The molecular formula is C20H24N4O5. The van der Waals surface area contributed by atoms with Crippen LogP contribution in [0.15, 0.2) is 40.9 Å². The molecular weight excluding hydrogens is 376 g/mol. The third kappa shape index (κ3) is 5.89. The van der Waals surface area contributed by atoms with Crippen LogP contribution in [0.2, 0.25) is 0 Å². The van der Waals surface area contributed by atoms with E-state index in [4.69, 9.17) is 9.26 Å². The standard InChI is InChI=1S/C20H24N4O5/c1-14-12-17(23-29-14)22-20(27)19(26)21-9-5-8-18(25)24-10-11-28-16(13-24)15-6-3-2-4-7-15/h2-4,6-7,12,16H,5,8-11,13H2,1H3,(H,21,26)(H,22,23,27). The number of aryl methyl sites for hydroxylation is 1. The molecule has 1 unspecified atom stereocenters. The molecule has 1 aliphatic rings. The molecule has 9 heteroatoms. The van der Waals surface area contributed by atoms with Crippen LogP contribution in [0.25, 0.3) is 0 Å². The van der Waals surface area contributed by atoms with Crippen LogP contribution in [-0.4, -0.2) is 54.0 Å². The Morgan fingerprint density at radius 3 is 2.72 bits per heavy atom. The summed E-state index contributed by atoms with van der Waals surface area (Å²) in [5.41, 5.74) is 1.05. The summed E-state index contributed by atoms with van der Waals surface area (Å²) in [5, 5.41) is 8.43. The van der Waals surface area contributed by atoms with Crippen LogP contribution < -0.4 is 10.6 Å². The number of carbonyl (C=O) groups excluding carboxylic acids is 3. The van der Waals surface area contributed by atoms with Crippen molar-refractivity contribution in [3.05, 3.63) is 47.7 Å². The van der Waals surface area contributed by atoms with Crippen molar-refractivity contribution in [3.63, 3.8) is 0 Å². The van der Waals surface area contributed by atoms with Gasteiger partial charge in [-0.25, -0.2) is 0 Å². The summed E-state index contributed by atoms with van der Waals surface area (Å²) in [6.07, 6.45) is 0.595. The van der Waals surface area contributed by atoms with Gasteiger partial charge in [-0.3, -0.25) is 19.7 Å². The molecule has 2 heterocycles. The van der Waals surface area contributed by atoms with Crippen molar-refractivity contribution >= 4 is 23.5 Å². The maximum Gasteiger partial charge on any atom is 0.314 e. The zero-order valence-corrected chi connectivity index (χ0v) is 16.2. The Balaban J connectivity index is 1.37. The number of carbonyl (C=O) groups is 3. The minimum atomic E-state index is -0.830. The van der Waals surface area contributed by atoms with Gasteiger partial charge in [0.2, 0.25) is 5.91 Å². The molecule has 0 saturated carbocycles. The molecule has 3 rings (SSSR count). The molecule has 154 valence electrons. The first-order valence-electron chi connectivity index (χ1n) is 9.50. The first-order chi connectivity index (χ1) is 14.0. The van der Waals surface area contributed by atoms with Crippen molar-refractivity contribution in [3.8, 4) is 0 Å². The van der Waals surface area contributed by atoms with Crippen molar-refractivity contribution < 1.29 is 23.6 Å². The van der Waals surface area contributed by atoms with Crippen LogP contribution in [0.1, 0.15) is 30.3 Å². The van der Waals surface area contributed by atoms with Gasteiger partial charge in [-0.15, -0.1) is 0 Å². The number of morpholine rings is 1. The van der Waals surface area contributed by atoms with Crippen LogP contribution in [-0.2, 0) is 19.1 Å². The van der Waals surface area contributed by atoms with Crippen molar-refractivity contribution in [1.82, 2.24) is 15.4 Å². The molecule has 1 atom stereocenters. The number of anilines is 1. The van der Waals surface area contributed by atoms with E-state index in [1.165, 1.54) is 6.07 Å². The second kappa shape index (κ2) is 9.83. The molecule has 1 saturated heterocycles. The van der Waals surface area contributed by atoms with Crippen molar-refractivity contribution in [1.29, 1.82) is 0 Å². The fourth-order valence-electron chi connectivity index (χ4n) is 3.02. The van der Waals surface area contributed by atoms with E-state index in [1.54, 1.807) is 11.8 Å². The third-order valence-electron chi connectivity index (χ3n) is 4.52. The highest BCUT2D eigenvalue weighted by molar-refractivity contribution is 6.39. The maximum absolute atomic E-state index is 12.5. The maximum atomic E-state index is 12.5. The van der Waals surface area contributed by atoms with E-state index in [9.17, 15) is 14.4 Å². The molecule has 0 radical (unpaired) electrons. The number of rotatable bonds is 6. The average molecular weight is 400 g/mol. The molecule has 0 aliphatic carbocycles. The molecule has 29 heavy (non-hydrogen) atoms. The summed E-state index contributed by atoms with van der Waals surface area (Å²) in [6.45, 7) is 3.45. The van der Waals surface area contributed by atoms with Gasteiger partial charge in [0.05, 0.1) is 13.2 Å². The van der Waals surface area contributed by atoms with E-state index in [-0.39, 0.29) is 30.8 Å². The quantitative estimate of drug-likeness (QED) is 0.560. The van der Waals surface area contributed by atoms with Crippen LogP contribution in [0.5, 0.6) is 0 Å². The monoisotopic (exact) mass is 400 g/mol. The van der Waals surface area contributed by atoms with E-state index < -0.39 is 11.8 Å². The highest BCUT2D eigenvalue weighted by Gasteiger charge is 2.25. The minimum absolute atomic E-state index is 0.00556. The molecule has 1 aromatic carbocycles. The van der Waals surface area contributed by atoms with Crippen molar-refractivity contribution in [2.45, 2.75) is 25.9 Å². The SMILES string of the molecule is Cc1cc(NC(=O)C(=O)NCCCC(=O)N2CCOC(c3ccccc3)C2)no1. The molecule has 1 aliphatic heterocycles. The predicted molar refractivity (Wildman–Crippen MR) is 104 cm³/mol. The Labute approximate surface area is 168 Å². The summed E-state index contributed by atoms with van der Waals surface area (Å²) >= 11 is 0. The number of aromatic nitrogens is 1. The number of amides is 3. The summed E-state index contributed by atoms with van der Waals surface area (Å²) in [4.78, 5) is 37.8. The number of ether oxygens (including phenoxy) is 1. The van der Waals surface area contributed by atoms with Gasteiger partial charge < -0.3 is 19.5 Å². The number of benzene rings is 1. The van der Waals surface area contributed by atoms with Gasteiger partial charge in [0.15, 0.2) is 5.82 Å². The Morgan fingerprint density at radius 2 is 2.00 bits per heavy atom. The zero-order chi connectivity index (χ0) is 20.6. The third-order valence-corrected chi connectivity index (χ3v) is 4.52. The topological polar surface area (TPSA) is 114 Å². The van der Waals surface area contributed by atoms with Gasteiger partial charge in [0.1, 0.15) is 11.9 Å². The highest BCUT2D eigenvalue weighted by atomic mass is 16.5. The van der Waals surface area contributed by atoms with Crippen molar-refractivity contribution in [2.75, 3.05) is 31.6 Å². The van der Waals surface area contributed by atoms with Crippen molar-refractivity contribution in [2.24, 2.45) is 0 Å². The predicted octanol–water partition coefficient (Wildman–Crippen LogP) is 1.42. The fourth-order valence-corrected chi connectivity index (χ4v) is 3.02. The Morgan fingerprint density at radius 1 is 1.21 bits per heavy atom. The van der Waals surface area contributed by atoms with Crippen LogP contribution in [0, 0.1) is 6.92 Å². The molecule has 1 aromatic heterocycles. The van der Waals surface area contributed by atoms with Gasteiger partial charge in [0, 0.05) is 25.6 Å². The van der Waals surface area contributed by atoms with Crippen LogP contribution >= 0.6 is 0 Å². The lowest BCUT2D eigenvalue weighted by Gasteiger charge is -2.33. The molecule has 2 aromatic rings. The molecule has 2 N–H and O–H groups in total. The second-order valence-electron chi connectivity index (χ2n) is 6.75. The smallest absolute Gasteiger partial charge is 0.314 e. The molecule has 3 amide bonds. The average Bonchev–Trinajstić information content (AvgIpc) is 3.16. The van der Waals surface area contributed by atoms with Gasteiger partial charge in [-0.2, -0.15) is 0 Å². The lowest BCUT2D eigenvalue weighted by atomic mass is 10.1. The lowest BCUT2D eigenvalue weighted by molar-refractivity contribution is -0.139. The normalized spacial score (nSPS) is 16.3. The molecule has 9 nitrogen and oxygen atoms in total. The summed E-state index contributed by atoms with van der Waals surface area (Å²) in [7, 11) is 0. The first kappa shape index (κ1) is 20.5. The summed E-state index contributed by atoms with van der Waals surface area (Å²) < 4.78 is 10.6. The Kier molecular flexibility index (Phi) is 6.96. The van der Waals surface area contributed by atoms with Gasteiger partial charge in [0.25, 0.3) is 0 Å². The highest BCUT2D eigenvalue weighted by Crippen LogP contribution is 2.22. The van der Waals surface area contributed by atoms with Crippen LogP contribution in [0.3, 0.4) is 0 Å².